The van der Waals surface area contributed by atoms with Gasteiger partial charge in [0.15, 0.2) is 0 Å². The van der Waals surface area contributed by atoms with Crippen molar-refractivity contribution in [2.45, 2.75) is 6.92 Å². The van der Waals surface area contributed by atoms with Crippen LogP contribution in [0.2, 0.25) is 0 Å². The fourth-order valence-corrected chi connectivity index (χ4v) is 1.65. The fourth-order valence-electron chi connectivity index (χ4n) is 1.65. The van der Waals surface area contributed by atoms with E-state index in [4.69, 9.17) is 0 Å². The standard InChI is InChI=1S/C15H14O3/c1-10-8-15(18)12(9-14(10)17)13(16)7-6-11-4-2-3-5-11/h2-9,16-18H,1H3. The van der Waals surface area contributed by atoms with Crippen molar-refractivity contribution in [3.05, 3.63) is 65.3 Å². The highest BCUT2D eigenvalue weighted by atomic mass is 16.3. The van der Waals surface area contributed by atoms with E-state index < -0.39 is 0 Å². The highest BCUT2D eigenvalue weighted by Crippen LogP contribution is 2.30. The number of aryl methyl sites for hydroxylation is 1. The molecule has 1 aliphatic rings. The predicted octanol–water partition coefficient (Wildman–Crippen LogP) is 3.36. The smallest absolute Gasteiger partial charge is 0.127 e. The van der Waals surface area contributed by atoms with E-state index in [-0.39, 0.29) is 22.8 Å². The molecule has 1 aromatic rings. The Morgan fingerprint density at radius 3 is 2.39 bits per heavy atom. The van der Waals surface area contributed by atoms with Crippen LogP contribution >= 0.6 is 0 Å². The summed E-state index contributed by atoms with van der Waals surface area (Å²) in [6, 6.07) is 2.76. The Morgan fingerprint density at radius 1 is 1.06 bits per heavy atom. The summed E-state index contributed by atoms with van der Waals surface area (Å²) < 4.78 is 0. The quantitative estimate of drug-likeness (QED) is 0.550. The highest BCUT2D eigenvalue weighted by molar-refractivity contribution is 5.68. The summed E-state index contributed by atoms with van der Waals surface area (Å²) in [4.78, 5) is 0. The van der Waals surface area contributed by atoms with Gasteiger partial charge in [-0.1, -0.05) is 30.4 Å². The molecular weight excluding hydrogens is 228 g/mol. The molecule has 0 amide bonds. The van der Waals surface area contributed by atoms with Gasteiger partial charge in [-0.05, 0) is 36.3 Å². The van der Waals surface area contributed by atoms with Crippen LogP contribution in [0.15, 0.2) is 54.2 Å². The number of rotatable bonds is 2. The second-order valence-corrected chi connectivity index (χ2v) is 4.09. The van der Waals surface area contributed by atoms with Gasteiger partial charge in [0.25, 0.3) is 0 Å². The maximum atomic E-state index is 9.87. The van der Waals surface area contributed by atoms with Crippen LogP contribution in [0.25, 0.3) is 5.76 Å². The Balaban J connectivity index is 2.34. The monoisotopic (exact) mass is 242 g/mol. The van der Waals surface area contributed by atoms with Crippen molar-refractivity contribution < 1.29 is 15.3 Å². The first kappa shape index (κ1) is 12.0. The zero-order chi connectivity index (χ0) is 13.1. The first-order valence-corrected chi connectivity index (χ1v) is 5.56. The van der Waals surface area contributed by atoms with Gasteiger partial charge in [0.05, 0.1) is 5.56 Å². The van der Waals surface area contributed by atoms with Gasteiger partial charge in [-0.15, -0.1) is 0 Å². The van der Waals surface area contributed by atoms with Crippen LogP contribution in [0.4, 0.5) is 0 Å². The van der Waals surface area contributed by atoms with Crippen molar-refractivity contribution in [1.29, 1.82) is 0 Å². The minimum Gasteiger partial charge on any atom is -0.508 e. The van der Waals surface area contributed by atoms with Gasteiger partial charge in [-0.25, -0.2) is 0 Å². The van der Waals surface area contributed by atoms with Gasteiger partial charge in [-0.3, -0.25) is 0 Å². The molecule has 0 fully saturated rings. The van der Waals surface area contributed by atoms with E-state index in [0.717, 1.165) is 5.57 Å². The van der Waals surface area contributed by atoms with Crippen LogP contribution in [0.1, 0.15) is 11.1 Å². The molecule has 1 aliphatic carbocycles. The Hall–Kier alpha value is -2.42. The third-order valence-electron chi connectivity index (χ3n) is 2.71. The summed E-state index contributed by atoms with van der Waals surface area (Å²) in [6.07, 6.45) is 10.8. The number of aliphatic hydroxyl groups is 1. The largest absolute Gasteiger partial charge is 0.508 e. The Bertz CT molecular complexity index is 576. The third kappa shape index (κ3) is 2.46. The first-order valence-electron chi connectivity index (χ1n) is 5.56. The molecule has 0 radical (unpaired) electrons. The topological polar surface area (TPSA) is 60.7 Å². The van der Waals surface area contributed by atoms with Crippen molar-refractivity contribution in [3.8, 4) is 11.5 Å². The van der Waals surface area contributed by atoms with Crippen molar-refractivity contribution >= 4 is 5.76 Å². The molecule has 0 heterocycles. The van der Waals surface area contributed by atoms with E-state index in [1.165, 1.54) is 18.2 Å². The summed E-state index contributed by atoms with van der Waals surface area (Å²) in [6.45, 7) is 1.68. The lowest BCUT2D eigenvalue weighted by Crippen LogP contribution is -1.86. The van der Waals surface area contributed by atoms with Gasteiger partial charge in [0.1, 0.15) is 17.3 Å². The van der Waals surface area contributed by atoms with E-state index in [1.54, 1.807) is 13.0 Å². The Labute approximate surface area is 105 Å². The number of hydrogen-bond acceptors (Lipinski definition) is 3. The summed E-state index contributed by atoms with van der Waals surface area (Å²) in [5.41, 5.74) is 1.72. The first-order chi connectivity index (χ1) is 8.58. The number of aliphatic hydroxyl groups excluding tert-OH is 1. The maximum absolute atomic E-state index is 9.87. The molecule has 0 aliphatic heterocycles. The van der Waals surface area contributed by atoms with Gasteiger partial charge in [-0.2, -0.15) is 0 Å². The summed E-state index contributed by atoms with van der Waals surface area (Å²) in [5.74, 6) is -0.116. The van der Waals surface area contributed by atoms with Crippen molar-refractivity contribution in [3.63, 3.8) is 0 Å². The van der Waals surface area contributed by atoms with Crippen LogP contribution < -0.4 is 0 Å². The predicted molar refractivity (Wildman–Crippen MR) is 71.5 cm³/mol. The number of phenolic OH excluding ortho intramolecular Hbond substituents is 2. The lowest BCUT2D eigenvalue weighted by molar-refractivity contribution is 0.446. The molecule has 3 nitrogen and oxygen atoms in total. The molecule has 3 N–H and O–H groups in total. The van der Waals surface area contributed by atoms with Crippen LogP contribution in [-0.2, 0) is 0 Å². The molecule has 0 saturated carbocycles. The molecule has 1 aromatic carbocycles. The van der Waals surface area contributed by atoms with Crippen LogP contribution in [-0.4, -0.2) is 15.3 Å². The molecule has 0 bridgehead atoms. The van der Waals surface area contributed by atoms with Crippen LogP contribution in [0, 0.1) is 6.92 Å². The van der Waals surface area contributed by atoms with Crippen molar-refractivity contribution in [2.75, 3.05) is 0 Å². The second-order valence-electron chi connectivity index (χ2n) is 4.09. The number of hydrogen-bond donors (Lipinski definition) is 3. The van der Waals surface area contributed by atoms with Crippen LogP contribution in [0.3, 0.4) is 0 Å². The van der Waals surface area contributed by atoms with Gasteiger partial charge >= 0.3 is 0 Å². The average Bonchev–Trinajstić information content (AvgIpc) is 2.84. The van der Waals surface area contributed by atoms with E-state index in [9.17, 15) is 15.3 Å². The molecule has 18 heavy (non-hydrogen) atoms. The average molecular weight is 242 g/mol. The van der Waals surface area contributed by atoms with E-state index in [1.807, 2.05) is 24.3 Å². The van der Waals surface area contributed by atoms with E-state index >= 15 is 0 Å². The summed E-state index contributed by atoms with van der Waals surface area (Å²) in [7, 11) is 0. The lowest BCUT2D eigenvalue weighted by Gasteiger charge is -2.06. The van der Waals surface area contributed by atoms with E-state index in [0.29, 0.717) is 5.56 Å². The molecule has 0 aromatic heterocycles. The SMILES string of the molecule is Cc1cc(O)c(C(O)=CC=C2C=CC=C2)cc1O. The molecule has 2 rings (SSSR count). The lowest BCUT2D eigenvalue weighted by atomic mass is 10.1. The van der Waals surface area contributed by atoms with Gasteiger partial charge in [0, 0.05) is 0 Å². The zero-order valence-electron chi connectivity index (χ0n) is 9.96. The molecule has 92 valence electrons. The molecule has 0 unspecified atom stereocenters. The van der Waals surface area contributed by atoms with Crippen molar-refractivity contribution in [1.82, 2.24) is 0 Å². The minimum atomic E-state index is -0.0935. The molecular formula is C15H14O3. The number of benzene rings is 1. The number of aromatic hydroxyl groups is 2. The Morgan fingerprint density at radius 2 is 1.72 bits per heavy atom. The van der Waals surface area contributed by atoms with E-state index in [2.05, 4.69) is 0 Å². The number of phenols is 2. The summed E-state index contributed by atoms with van der Waals surface area (Å²) in [5, 5.41) is 29.2. The fraction of sp³-hybridized carbons (Fsp3) is 0.0667. The molecule has 0 atom stereocenters. The molecule has 0 spiro atoms. The van der Waals surface area contributed by atoms with Gasteiger partial charge < -0.3 is 15.3 Å². The van der Waals surface area contributed by atoms with Crippen molar-refractivity contribution in [2.24, 2.45) is 0 Å². The zero-order valence-corrected chi connectivity index (χ0v) is 9.96. The van der Waals surface area contributed by atoms with Crippen LogP contribution in [0.5, 0.6) is 11.5 Å². The maximum Gasteiger partial charge on any atom is 0.127 e. The van der Waals surface area contributed by atoms with Gasteiger partial charge in [0.2, 0.25) is 0 Å². The number of allylic oxidation sites excluding steroid dienone is 7. The Kier molecular flexibility index (Phi) is 3.24. The molecule has 3 heteroatoms. The minimum absolute atomic E-state index is 0.0380. The second kappa shape index (κ2) is 4.84. The highest BCUT2D eigenvalue weighted by Gasteiger charge is 2.09. The third-order valence-corrected chi connectivity index (χ3v) is 2.71. The normalized spacial score (nSPS) is 14.3. The molecule has 0 saturated heterocycles. The summed E-state index contributed by atoms with van der Waals surface area (Å²) >= 11 is 0.